The number of benzene rings is 2. The van der Waals surface area contributed by atoms with E-state index in [9.17, 15) is 19.5 Å². The molecule has 0 amide bonds. The Morgan fingerprint density at radius 1 is 1.03 bits per heavy atom. The van der Waals surface area contributed by atoms with Gasteiger partial charge in [-0.1, -0.05) is 56.6 Å². The summed E-state index contributed by atoms with van der Waals surface area (Å²) in [5.41, 5.74) is 0.712. The molecule has 4 rings (SSSR count). The molecule has 0 saturated heterocycles. The van der Waals surface area contributed by atoms with Crippen LogP contribution in [0.4, 0.5) is 0 Å². The minimum atomic E-state index is -0.510. The summed E-state index contributed by atoms with van der Waals surface area (Å²) in [6, 6.07) is 13.8. The first-order chi connectivity index (χ1) is 18.0. The van der Waals surface area contributed by atoms with E-state index in [1.165, 1.54) is 4.57 Å². The zero-order valence-electron chi connectivity index (χ0n) is 21.2. The third-order valence-corrected chi connectivity index (χ3v) is 5.78. The SMILES string of the molecule is CC.CCCn1c(=O)n(CCCO)c(=O)c2c1nc(Oc1cccc(C=O)c1)n2Cc1ccc(Cl)cc1. The van der Waals surface area contributed by atoms with Crippen molar-refractivity contribution >= 4 is 29.1 Å². The molecule has 0 aliphatic rings. The lowest BCUT2D eigenvalue weighted by Crippen LogP contribution is -2.41. The number of halogens is 1. The normalized spacial score (nSPS) is 10.7. The third-order valence-electron chi connectivity index (χ3n) is 5.52. The van der Waals surface area contributed by atoms with E-state index in [4.69, 9.17) is 16.3 Å². The molecule has 2 heterocycles. The molecule has 0 radical (unpaired) electrons. The lowest BCUT2D eigenvalue weighted by Gasteiger charge is -2.12. The van der Waals surface area contributed by atoms with Gasteiger partial charge in [-0.2, -0.15) is 4.98 Å². The van der Waals surface area contributed by atoms with Gasteiger partial charge in [-0.3, -0.25) is 23.3 Å². The predicted molar refractivity (Wildman–Crippen MR) is 144 cm³/mol. The number of imidazole rings is 1. The Hall–Kier alpha value is -3.69. The van der Waals surface area contributed by atoms with Gasteiger partial charge in [0, 0.05) is 30.3 Å². The van der Waals surface area contributed by atoms with Crippen LogP contribution in [-0.4, -0.2) is 36.7 Å². The van der Waals surface area contributed by atoms with Crippen molar-refractivity contribution in [3.63, 3.8) is 0 Å². The Bertz CT molecular complexity index is 1470. The molecule has 0 unspecified atom stereocenters. The molecular formula is C27H31ClN4O5. The zero-order chi connectivity index (χ0) is 26.9. The number of hydrogen-bond donors (Lipinski definition) is 1. The van der Waals surface area contributed by atoms with Crippen molar-refractivity contribution in [2.24, 2.45) is 0 Å². The fourth-order valence-electron chi connectivity index (χ4n) is 3.88. The molecule has 0 saturated carbocycles. The summed E-state index contributed by atoms with van der Waals surface area (Å²) >= 11 is 6.04. The summed E-state index contributed by atoms with van der Waals surface area (Å²) < 4.78 is 10.3. The van der Waals surface area contributed by atoms with Gasteiger partial charge in [0.25, 0.3) is 5.56 Å². The molecule has 2 aromatic heterocycles. The maximum Gasteiger partial charge on any atom is 0.332 e. The fourth-order valence-corrected chi connectivity index (χ4v) is 4.00. The van der Waals surface area contributed by atoms with E-state index in [2.05, 4.69) is 4.98 Å². The Morgan fingerprint density at radius 3 is 2.41 bits per heavy atom. The lowest BCUT2D eigenvalue weighted by molar-refractivity contribution is 0.112. The molecule has 9 nitrogen and oxygen atoms in total. The first kappa shape index (κ1) is 27.9. The second kappa shape index (κ2) is 13.0. The van der Waals surface area contributed by atoms with Crippen LogP contribution >= 0.6 is 11.6 Å². The smallest absolute Gasteiger partial charge is 0.332 e. The first-order valence-electron chi connectivity index (χ1n) is 12.3. The van der Waals surface area contributed by atoms with Crippen LogP contribution in [0.15, 0.2) is 58.1 Å². The number of aryl methyl sites for hydroxylation is 1. The van der Waals surface area contributed by atoms with Crippen LogP contribution < -0.4 is 16.0 Å². The minimum absolute atomic E-state index is 0.0809. The van der Waals surface area contributed by atoms with Gasteiger partial charge in [0.1, 0.15) is 12.0 Å². The molecular weight excluding hydrogens is 496 g/mol. The number of aliphatic hydroxyl groups is 1. The highest BCUT2D eigenvalue weighted by Gasteiger charge is 2.23. The van der Waals surface area contributed by atoms with Crippen LogP contribution in [0.3, 0.4) is 0 Å². The number of aliphatic hydroxyl groups excluding tert-OH is 1. The topological polar surface area (TPSA) is 108 Å². The second-order valence-electron chi connectivity index (χ2n) is 8.04. The number of nitrogens with zero attached hydrogens (tertiary/aromatic N) is 4. The standard InChI is InChI=1S/C25H25ClN4O5.C2H6/c1-2-11-28-22-21(23(33)29(25(28)34)12-4-13-31)30(15-17-7-9-19(26)10-8-17)24(27-22)35-20-6-3-5-18(14-20)16-32;1-2/h3,5-10,14,16,31H,2,4,11-13,15H2,1H3;1-2H3. The van der Waals surface area contributed by atoms with E-state index in [1.807, 2.05) is 32.9 Å². The van der Waals surface area contributed by atoms with Gasteiger partial charge in [0.2, 0.25) is 0 Å². The maximum absolute atomic E-state index is 13.5. The van der Waals surface area contributed by atoms with E-state index in [1.54, 1.807) is 41.0 Å². The first-order valence-corrected chi connectivity index (χ1v) is 12.7. The number of ether oxygens (including phenoxy) is 1. The molecule has 2 aromatic carbocycles. The highest BCUT2D eigenvalue weighted by atomic mass is 35.5. The summed E-state index contributed by atoms with van der Waals surface area (Å²) in [5, 5.41) is 9.86. The zero-order valence-corrected chi connectivity index (χ0v) is 21.9. The largest absolute Gasteiger partial charge is 0.425 e. The van der Waals surface area contributed by atoms with E-state index in [0.717, 1.165) is 10.1 Å². The van der Waals surface area contributed by atoms with Crippen molar-refractivity contribution in [1.29, 1.82) is 0 Å². The van der Waals surface area contributed by atoms with Gasteiger partial charge in [-0.25, -0.2) is 4.79 Å². The van der Waals surface area contributed by atoms with E-state index < -0.39 is 11.2 Å². The van der Waals surface area contributed by atoms with Crippen molar-refractivity contribution < 1.29 is 14.6 Å². The number of aldehydes is 1. The van der Waals surface area contributed by atoms with E-state index in [0.29, 0.717) is 35.6 Å². The average molecular weight is 527 g/mol. The quantitative estimate of drug-likeness (QED) is 0.305. The van der Waals surface area contributed by atoms with Crippen LogP contribution in [-0.2, 0) is 19.6 Å². The highest BCUT2D eigenvalue weighted by molar-refractivity contribution is 6.30. The van der Waals surface area contributed by atoms with Gasteiger partial charge < -0.3 is 9.84 Å². The van der Waals surface area contributed by atoms with Crippen LogP contribution in [0.1, 0.15) is 49.5 Å². The van der Waals surface area contributed by atoms with Crippen molar-refractivity contribution in [3.05, 3.63) is 85.5 Å². The lowest BCUT2D eigenvalue weighted by atomic mass is 10.2. The molecule has 196 valence electrons. The third kappa shape index (κ3) is 6.18. The Morgan fingerprint density at radius 2 is 1.76 bits per heavy atom. The van der Waals surface area contributed by atoms with Crippen molar-refractivity contribution in [3.8, 4) is 11.8 Å². The summed E-state index contributed by atoms with van der Waals surface area (Å²) in [6.45, 7) is 6.44. The average Bonchev–Trinajstić information content (AvgIpc) is 3.26. The van der Waals surface area contributed by atoms with Gasteiger partial charge in [0.15, 0.2) is 11.2 Å². The number of aromatic nitrogens is 4. The summed E-state index contributed by atoms with van der Waals surface area (Å²) in [6.07, 6.45) is 1.62. The van der Waals surface area contributed by atoms with Crippen molar-refractivity contribution in [2.45, 2.75) is 53.2 Å². The molecule has 0 atom stereocenters. The molecule has 4 aromatic rings. The van der Waals surface area contributed by atoms with Crippen molar-refractivity contribution in [2.75, 3.05) is 6.61 Å². The Kier molecular flexibility index (Phi) is 9.82. The summed E-state index contributed by atoms with van der Waals surface area (Å²) in [7, 11) is 0. The number of hydrogen-bond acceptors (Lipinski definition) is 6. The minimum Gasteiger partial charge on any atom is -0.425 e. The van der Waals surface area contributed by atoms with Crippen LogP contribution in [0.5, 0.6) is 11.8 Å². The molecule has 0 bridgehead atoms. The monoisotopic (exact) mass is 526 g/mol. The Labute approximate surface area is 219 Å². The van der Waals surface area contributed by atoms with Crippen LogP contribution in [0.2, 0.25) is 5.02 Å². The Balaban J connectivity index is 0.00000186. The molecule has 0 aliphatic carbocycles. The molecule has 1 N–H and O–H groups in total. The number of carbonyl (C=O) groups excluding carboxylic acids is 1. The summed E-state index contributed by atoms with van der Waals surface area (Å²) in [4.78, 5) is 42.5. The van der Waals surface area contributed by atoms with Gasteiger partial charge in [-0.15, -0.1) is 0 Å². The summed E-state index contributed by atoms with van der Waals surface area (Å²) in [5.74, 6) is 0.368. The van der Waals surface area contributed by atoms with Gasteiger partial charge >= 0.3 is 11.7 Å². The van der Waals surface area contributed by atoms with Crippen LogP contribution in [0, 0.1) is 0 Å². The maximum atomic E-state index is 13.5. The molecule has 0 aliphatic heterocycles. The molecule has 0 spiro atoms. The number of rotatable bonds is 10. The molecule has 37 heavy (non-hydrogen) atoms. The molecule has 10 heteroatoms. The van der Waals surface area contributed by atoms with E-state index >= 15 is 0 Å². The highest BCUT2D eigenvalue weighted by Crippen LogP contribution is 2.26. The van der Waals surface area contributed by atoms with Gasteiger partial charge in [-0.05, 0) is 42.7 Å². The molecule has 0 fully saturated rings. The predicted octanol–water partition coefficient (Wildman–Crippen LogP) is 4.48. The number of carbonyl (C=O) groups is 1. The van der Waals surface area contributed by atoms with Crippen LogP contribution in [0.25, 0.3) is 11.2 Å². The van der Waals surface area contributed by atoms with Gasteiger partial charge in [0.05, 0.1) is 6.54 Å². The fraction of sp³-hybridized carbons (Fsp3) is 0.333. The number of fused-ring (bicyclic) bond motifs is 1. The second-order valence-corrected chi connectivity index (χ2v) is 8.48. The van der Waals surface area contributed by atoms with Crippen molar-refractivity contribution in [1.82, 2.24) is 18.7 Å². The van der Waals surface area contributed by atoms with E-state index in [-0.39, 0.29) is 43.3 Å².